The van der Waals surface area contributed by atoms with Crippen LogP contribution < -0.4 is 44.0 Å². The van der Waals surface area contributed by atoms with E-state index >= 15 is 0 Å². The van der Waals surface area contributed by atoms with Gasteiger partial charge in [-0.05, 0) is 110 Å². The van der Waals surface area contributed by atoms with E-state index in [1.165, 1.54) is 7.11 Å². The molecule has 2 aliphatic heterocycles. The van der Waals surface area contributed by atoms with Crippen molar-refractivity contribution in [1.82, 2.24) is 14.9 Å². The highest BCUT2D eigenvalue weighted by Gasteiger charge is 2.53. The predicted octanol–water partition coefficient (Wildman–Crippen LogP) is 6.19. The van der Waals surface area contributed by atoms with E-state index in [-0.39, 0.29) is 43.2 Å². The molecule has 14 nitrogen and oxygen atoms in total. The van der Waals surface area contributed by atoms with Gasteiger partial charge in [0, 0.05) is 18.3 Å². The maximum Gasteiger partial charge on any atom is 0.310 e. The zero-order chi connectivity index (χ0) is 40.5. The number of rotatable bonds is 14. The van der Waals surface area contributed by atoms with Crippen LogP contribution in [-0.2, 0) is 14.3 Å². The predicted molar refractivity (Wildman–Crippen MR) is 212 cm³/mol. The van der Waals surface area contributed by atoms with Crippen LogP contribution in [0.15, 0.2) is 71.5 Å². The van der Waals surface area contributed by atoms with Crippen molar-refractivity contribution >= 4 is 22.8 Å². The van der Waals surface area contributed by atoms with E-state index in [9.17, 15) is 14.4 Å². The van der Waals surface area contributed by atoms with Crippen molar-refractivity contribution < 1.29 is 47.5 Å². The summed E-state index contributed by atoms with van der Waals surface area (Å²) in [5, 5.41) is 3.70. The van der Waals surface area contributed by atoms with E-state index in [0.29, 0.717) is 82.1 Å². The Morgan fingerprint density at radius 1 is 0.810 bits per heavy atom. The minimum Gasteiger partial charge on any atom is -0.497 e. The standard InChI is InChI=1S/C44H45N3O11/c1-24-45-33-15-14-28(19-31(33)43(49)47(24)26-10-12-27(51-2)13-11-26)55-16-8-6-7-9-38(48)46-41-30-21-35-34(57-23-58-35)20-29(30)39(40-32(41)22-56-44(40)50)25-17-36(52-3)42(54-5)37(18-25)53-4/h10-15,17-21,32,39-41H,6-9,16,22-23H2,1-5H3,(H,46,48)/t32-,39+,40-,41+/m0/s1. The number of carbonyl (C=O) groups excluding carboxylic acids is 2. The van der Waals surface area contributed by atoms with Crippen molar-refractivity contribution in [3.63, 3.8) is 0 Å². The molecular formula is C44H45N3O11. The smallest absolute Gasteiger partial charge is 0.310 e. The lowest BCUT2D eigenvalue weighted by Crippen LogP contribution is -2.42. The molecule has 8 rings (SSSR count). The monoisotopic (exact) mass is 791 g/mol. The number of nitrogens with one attached hydrogen (secondary N) is 1. The number of fused-ring (bicyclic) bond motifs is 4. The second-order valence-electron chi connectivity index (χ2n) is 14.5. The van der Waals surface area contributed by atoms with Gasteiger partial charge in [0.2, 0.25) is 18.4 Å². The van der Waals surface area contributed by atoms with Gasteiger partial charge in [-0.3, -0.25) is 19.0 Å². The number of esters is 1. The molecule has 1 saturated heterocycles. The summed E-state index contributed by atoms with van der Waals surface area (Å²) in [6.07, 6.45) is 2.35. The first-order chi connectivity index (χ1) is 28.2. The first kappa shape index (κ1) is 38.4. The number of benzene rings is 4. The van der Waals surface area contributed by atoms with Crippen LogP contribution in [0.1, 0.15) is 60.2 Å². The Bertz CT molecular complexity index is 2400. The van der Waals surface area contributed by atoms with Gasteiger partial charge < -0.3 is 43.2 Å². The summed E-state index contributed by atoms with van der Waals surface area (Å²) in [5.41, 5.74) is 3.52. The van der Waals surface area contributed by atoms with Gasteiger partial charge in [-0.25, -0.2) is 4.98 Å². The van der Waals surface area contributed by atoms with Crippen LogP contribution in [0, 0.1) is 18.8 Å². The summed E-state index contributed by atoms with van der Waals surface area (Å²) in [4.78, 5) is 45.4. The Balaban J connectivity index is 0.937. The first-order valence-electron chi connectivity index (χ1n) is 19.2. The topological polar surface area (TPSA) is 155 Å². The number of cyclic esters (lactones) is 1. The second kappa shape index (κ2) is 16.2. The molecule has 14 heteroatoms. The molecule has 0 radical (unpaired) electrons. The summed E-state index contributed by atoms with van der Waals surface area (Å²) in [5.74, 6) is 2.47. The fraction of sp³-hybridized carbons (Fsp3) is 0.364. The normalized spacial score (nSPS) is 18.9. The number of hydrogen-bond acceptors (Lipinski definition) is 12. The molecule has 4 atom stereocenters. The van der Waals surface area contributed by atoms with Gasteiger partial charge >= 0.3 is 5.97 Å². The molecule has 0 saturated carbocycles. The molecule has 3 aliphatic rings. The van der Waals surface area contributed by atoms with E-state index in [2.05, 4.69) is 10.3 Å². The minimum atomic E-state index is -0.599. The van der Waals surface area contributed by atoms with Crippen molar-refractivity contribution in [2.24, 2.45) is 11.8 Å². The third-order valence-electron chi connectivity index (χ3n) is 11.2. The quantitative estimate of drug-likeness (QED) is 0.101. The van der Waals surface area contributed by atoms with Gasteiger partial charge in [-0.2, -0.15) is 0 Å². The third-order valence-corrected chi connectivity index (χ3v) is 11.2. The Hall–Kier alpha value is -6.44. The third kappa shape index (κ3) is 7.07. The van der Waals surface area contributed by atoms with Crippen molar-refractivity contribution in [3.05, 3.63) is 99.6 Å². The van der Waals surface area contributed by atoms with Gasteiger partial charge in [0.25, 0.3) is 5.56 Å². The first-order valence-corrected chi connectivity index (χ1v) is 19.2. The molecule has 1 fully saturated rings. The number of carbonyl (C=O) groups is 2. The molecule has 5 aromatic rings. The summed E-state index contributed by atoms with van der Waals surface area (Å²) < 4.78 is 47.0. The molecule has 3 heterocycles. The van der Waals surface area contributed by atoms with E-state index in [4.69, 9.17) is 37.9 Å². The largest absolute Gasteiger partial charge is 0.497 e. The van der Waals surface area contributed by atoms with Crippen LogP contribution in [0.3, 0.4) is 0 Å². The average molecular weight is 792 g/mol. The van der Waals surface area contributed by atoms with E-state index < -0.39 is 17.9 Å². The molecule has 1 aliphatic carbocycles. The molecular weight excluding hydrogens is 746 g/mol. The van der Waals surface area contributed by atoms with Gasteiger partial charge in [-0.15, -0.1) is 0 Å². The molecule has 1 N–H and O–H groups in total. The van der Waals surface area contributed by atoms with Crippen LogP contribution in [0.4, 0.5) is 0 Å². The summed E-state index contributed by atoms with van der Waals surface area (Å²) in [6, 6.07) is 19.6. The highest BCUT2D eigenvalue weighted by Crippen LogP contribution is 2.55. The molecule has 302 valence electrons. The molecule has 1 aromatic heterocycles. The van der Waals surface area contributed by atoms with E-state index in [1.807, 2.05) is 42.5 Å². The van der Waals surface area contributed by atoms with Gasteiger partial charge in [0.1, 0.15) is 17.3 Å². The summed E-state index contributed by atoms with van der Waals surface area (Å²) in [7, 11) is 6.23. The lowest BCUT2D eigenvalue weighted by atomic mass is 9.65. The van der Waals surface area contributed by atoms with Crippen LogP contribution in [0.2, 0.25) is 0 Å². The summed E-state index contributed by atoms with van der Waals surface area (Å²) in [6.45, 7) is 2.44. The summed E-state index contributed by atoms with van der Waals surface area (Å²) >= 11 is 0. The Morgan fingerprint density at radius 3 is 2.21 bits per heavy atom. The molecule has 4 aromatic carbocycles. The number of ether oxygens (including phenoxy) is 8. The Labute approximate surface area is 334 Å². The molecule has 0 bridgehead atoms. The Morgan fingerprint density at radius 2 is 1.52 bits per heavy atom. The number of hydrogen-bond donors (Lipinski definition) is 1. The van der Waals surface area contributed by atoms with Crippen molar-refractivity contribution in [1.29, 1.82) is 0 Å². The molecule has 1 amide bonds. The van der Waals surface area contributed by atoms with Crippen molar-refractivity contribution in [2.75, 3.05) is 48.4 Å². The molecule has 0 unspecified atom stereocenters. The number of amides is 1. The van der Waals surface area contributed by atoms with Crippen LogP contribution in [0.25, 0.3) is 16.6 Å². The van der Waals surface area contributed by atoms with E-state index in [1.54, 1.807) is 57.1 Å². The zero-order valence-electron chi connectivity index (χ0n) is 33.0. The van der Waals surface area contributed by atoms with Crippen LogP contribution in [-0.4, -0.2) is 69.9 Å². The van der Waals surface area contributed by atoms with Crippen molar-refractivity contribution in [3.8, 4) is 45.9 Å². The fourth-order valence-corrected chi connectivity index (χ4v) is 8.43. The number of methoxy groups -OCH3 is 4. The van der Waals surface area contributed by atoms with Crippen molar-refractivity contribution in [2.45, 2.75) is 44.6 Å². The van der Waals surface area contributed by atoms with Gasteiger partial charge in [0.15, 0.2) is 23.0 Å². The lowest BCUT2D eigenvalue weighted by molar-refractivity contribution is -0.141. The van der Waals surface area contributed by atoms with Gasteiger partial charge in [0.05, 0.1) is 70.2 Å². The Kier molecular flexibility index (Phi) is 10.7. The number of nitrogens with zero attached hydrogens (tertiary/aromatic N) is 2. The average Bonchev–Trinajstić information content (AvgIpc) is 3.87. The number of aromatic nitrogens is 2. The zero-order valence-corrected chi connectivity index (χ0v) is 33.0. The number of unbranched alkanes of at least 4 members (excludes halogenated alkanes) is 2. The van der Waals surface area contributed by atoms with Crippen LogP contribution in [0.5, 0.6) is 40.2 Å². The maximum absolute atomic E-state index is 13.6. The molecule has 0 spiro atoms. The molecule has 58 heavy (non-hydrogen) atoms. The SMILES string of the molecule is COc1ccc(-n2c(C)nc3ccc(OCCCCCC(=O)N[C@@H]4c5cc6c(cc5[C@@H](c5cc(OC)c(OC)c(OC)c5)[C@H]5C(=O)OC[C@@H]54)OCO6)cc3c2=O)cc1. The minimum absolute atomic E-state index is 0.0742. The second-order valence-corrected chi connectivity index (χ2v) is 14.5. The van der Waals surface area contributed by atoms with E-state index in [0.717, 1.165) is 23.1 Å². The fourth-order valence-electron chi connectivity index (χ4n) is 8.43. The highest BCUT2D eigenvalue weighted by molar-refractivity contribution is 5.81. The highest BCUT2D eigenvalue weighted by atomic mass is 16.7. The van der Waals surface area contributed by atoms with Gasteiger partial charge in [-0.1, -0.05) is 0 Å². The number of aryl methyl sites for hydroxylation is 1. The van der Waals surface area contributed by atoms with Crippen LogP contribution >= 0.6 is 0 Å². The lowest BCUT2D eigenvalue weighted by Gasteiger charge is -2.39. The maximum atomic E-state index is 13.6.